The number of nitrogens with zero attached hydrogens (tertiary/aromatic N) is 2. The van der Waals surface area contributed by atoms with Gasteiger partial charge >= 0.3 is 0 Å². The van der Waals surface area contributed by atoms with Crippen LogP contribution >= 0.6 is 24.8 Å². The van der Waals surface area contributed by atoms with Gasteiger partial charge in [-0.2, -0.15) is 0 Å². The lowest BCUT2D eigenvalue weighted by Gasteiger charge is -2.08. The Hall–Kier alpha value is -2.13. The Bertz CT molecular complexity index is 1200. The Morgan fingerprint density at radius 3 is 2.32 bits per heavy atom. The summed E-state index contributed by atoms with van der Waals surface area (Å²) in [6, 6.07) is 9.21. The summed E-state index contributed by atoms with van der Waals surface area (Å²) >= 11 is 0. The quantitative estimate of drug-likeness (QED) is 0.527. The fourth-order valence-corrected chi connectivity index (χ4v) is 4.21. The lowest BCUT2D eigenvalue weighted by atomic mass is 10.0. The van der Waals surface area contributed by atoms with Crippen molar-refractivity contribution >= 4 is 51.4 Å². The molecule has 0 fully saturated rings. The average Bonchev–Trinajstić information content (AvgIpc) is 2.84. The van der Waals surface area contributed by atoms with E-state index in [1.165, 1.54) is 6.08 Å². The molecule has 6 nitrogen and oxygen atoms in total. The van der Waals surface area contributed by atoms with Crippen LogP contribution in [0.4, 0.5) is 10.1 Å². The predicted octanol–water partition coefficient (Wildman–Crippen LogP) is 4.66. The summed E-state index contributed by atoms with van der Waals surface area (Å²) in [7, 11) is -3.42. The standard InChI is InChI=1S/C21H25FN4O2S.2ClH/c1-13-9-16(10-14(2)24-13)21-15(3)26(12-17(22)7-8-23)20-6-5-18(11-19(20)21)25-29(4,27)28;;/h5-7,9-11,25H,8,12,23H2,1-4H3;2*1H/b17-7-;;. The lowest BCUT2D eigenvalue weighted by molar-refractivity contribution is 0.555. The Balaban J connectivity index is 0.00000240. The minimum atomic E-state index is -3.42. The van der Waals surface area contributed by atoms with Gasteiger partial charge in [0.2, 0.25) is 10.0 Å². The third-order valence-corrected chi connectivity index (χ3v) is 5.25. The maximum absolute atomic E-state index is 14.3. The predicted molar refractivity (Wildman–Crippen MR) is 131 cm³/mol. The summed E-state index contributed by atoms with van der Waals surface area (Å²) in [6.07, 6.45) is 2.46. The van der Waals surface area contributed by atoms with Crippen LogP contribution in [0.2, 0.25) is 0 Å². The molecule has 0 atom stereocenters. The van der Waals surface area contributed by atoms with Crippen LogP contribution in [0.15, 0.2) is 42.2 Å². The van der Waals surface area contributed by atoms with Crippen LogP contribution in [-0.2, 0) is 16.6 Å². The molecule has 0 aliphatic rings. The number of anilines is 1. The van der Waals surface area contributed by atoms with Crippen molar-refractivity contribution in [2.45, 2.75) is 27.3 Å². The molecule has 10 heteroatoms. The minimum absolute atomic E-state index is 0. The van der Waals surface area contributed by atoms with Crippen molar-refractivity contribution in [1.82, 2.24) is 9.55 Å². The summed E-state index contributed by atoms with van der Waals surface area (Å²) in [6.45, 7) is 5.96. The van der Waals surface area contributed by atoms with Crippen molar-refractivity contribution in [2.24, 2.45) is 5.73 Å². The van der Waals surface area contributed by atoms with E-state index in [4.69, 9.17) is 5.73 Å². The van der Waals surface area contributed by atoms with Crippen molar-refractivity contribution < 1.29 is 12.8 Å². The number of nitrogens with one attached hydrogen (secondary N) is 1. The second-order valence-corrected chi connectivity index (χ2v) is 8.93. The Kier molecular flexibility index (Phi) is 9.07. The molecule has 31 heavy (non-hydrogen) atoms. The fraction of sp³-hybridized carbons (Fsp3) is 0.286. The Morgan fingerprint density at radius 2 is 1.77 bits per heavy atom. The summed E-state index contributed by atoms with van der Waals surface area (Å²) in [5.41, 5.74) is 11.2. The van der Waals surface area contributed by atoms with Gasteiger partial charge in [-0.05, 0) is 62.7 Å². The molecule has 0 bridgehead atoms. The summed E-state index contributed by atoms with van der Waals surface area (Å²) in [5.74, 6) is -0.320. The molecule has 0 spiro atoms. The van der Waals surface area contributed by atoms with Gasteiger partial charge in [0.05, 0.1) is 12.8 Å². The molecule has 0 aliphatic carbocycles. The Morgan fingerprint density at radius 1 is 1.16 bits per heavy atom. The van der Waals surface area contributed by atoms with Crippen molar-refractivity contribution in [3.8, 4) is 11.1 Å². The maximum Gasteiger partial charge on any atom is 0.229 e. The molecule has 3 rings (SSSR count). The van der Waals surface area contributed by atoms with Crippen LogP contribution in [-0.4, -0.2) is 30.8 Å². The molecule has 0 aliphatic heterocycles. The highest BCUT2D eigenvalue weighted by Crippen LogP contribution is 2.37. The molecule has 2 aromatic heterocycles. The van der Waals surface area contributed by atoms with E-state index in [1.807, 2.05) is 37.5 Å². The first-order chi connectivity index (χ1) is 13.6. The number of nitrogens with two attached hydrogens (primary N) is 1. The molecule has 2 heterocycles. The van der Waals surface area contributed by atoms with E-state index in [-0.39, 0.29) is 43.7 Å². The molecule has 3 N–H and O–H groups in total. The number of hydrogen-bond acceptors (Lipinski definition) is 4. The first kappa shape index (κ1) is 26.9. The van der Waals surface area contributed by atoms with Crippen LogP contribution < -0.4 is 10.5 Å². The average molecular weight is 489 g/mol. The van der Waals surface area contributed by atoms with E-state index >= 15 is 0 Å². The maximum atomic E-state index is 14.3. The number of halogens is 3. The SMILES string of the molecule is Cc1cc(-c2c(C)n(C/C(F)=C/CN)c3ccc(NS(C)(=O)=O)cc23)cc(C)n1.Cl.Cl. The molecule has 170 valence electrons. The zero-order chi connectivity index (χ0) is 21.3. The number of allylic oxidation sites excluding steroid dienone is 1. The highest BCUT2D eigenvalue weighted by atomic mass is 35.5. The van der Waals surface area contributed by atoms with Gasteiger partial charge in [-0.15, -0.1) is 24.8 Å². The number of fused-ring (bicyclic) bond motifs is 1. The number of hydrogen-bond donors (Lipinski definition) is 2. The van der Waals surface area contributed by atoms with Crippen molar-refractivity contribution in [3.05, 3.63) is 59.3 Å². The van der Waals surface area contributed by atoms with E-state index in [1.54, 1.807) is 18.2 Å². The minimum Gasteiger partial charge on any atom is -0.337 e. The van der Waals surface area contributed by atoms with Gasteiger partial charge in [0.25, 0.3) is 0 Å². The van der Waals surface area contributed by atoms with Crippen LogP contribution in [0.25, 0.3) is 22.0 Å². The zero-order valence-electron chi connectivity index (χ0n) is 17.8. The van der Waals surface area contributed by atoms with E-state index < -0.39 is 10.0 Å². The van der Waals surface area contributed by atoms with Gasteiger partial charge in [-0.1, -0.05) is 0 Å². The second-order valence-electron chi connectivity index (χ2n) is 7.18. The van der Waals surface area contributed by atoms with E-state index in [0.717, 1.165) is 45.4 Å². The van der Waals surface area contributed by atoms with E-state index in [2.05, 4.69) is 9.71 Å². The highest BCUT2D eigenvalue weighted by Gasteiger charge is 2.18. The number of aryl methyl sites for hydroxylation is 2. The number of pyridine rings is 1. The molecular formula is C21H27Cl2FN4O2S. The highest BCUT2D eigenvalue weighted by molar-refractivity contribution is 7.92. The summed E-state index contributed by atoms with van der Waals surface area (Å²) in [5, 5.41) is 0.835. The molecular weight excluding hydrogens is 462 g/mol. The van der Waals surface area contributed by atoms with Gasteiger partial charge in [0.1, 0.15) is 5.83 Å². The van der Waals surface area contributed by atoms with Crippen molar-refractivity contribution in [2.75, 3.05) is 17.5 Å². The molecule has 0 saturated carbocycles. The first-order valence-electron chi connectivity index (χ1n) is 9.20. The van der Waals surface area contributed by atoms with Gasteiger partial charge in [0, 0.05) is 45.8 Å². The third kappa shape index (κ3) is 6.20. The van der Waals surface area contributed by atoms with Gasteiger partial charge in [-0.3, -0.25) is 9.71 Å². The molecule has 3 aromatic rings. The van der Waals surface area contributed by atoms with Gasteiger partial charge in [-0.25, -0.2) is 12.8 Å². The monoisotopic (exact) mass is 488 g/mol. The second kappa shape index (κ2) is 10.5. The number of aromatic nitrogens is 2. The van der Waals surface area contributed by atoms with Crippen LogP contribution in [0.1, 0.15) is 17.1 Å². The van der Waals surface area contributed by atoms with E-state index in [0.29, 0.717) is 5.69 Å². The molecule has 0 unspecified atom stereocenters. The summed E-state index contributed by atoms with van der Waals surface area (Å²) in [4.78, 5) is 4.43. The third-order valence-electron chi connectivity index (χ3n) is 4.65. The first-order valence-corrected chi connectivity index (χ1v) is 11.1. The topological polar surface area (TPSA) is 90.0 Å². The van der Waals surface area contributed by atoms with Crippen LogP contribution in [0, 0.1) is 20.8 Å². The Labute approximate surface area is 194 Å². The fourth-order valence-electron chi connectivity index (χ4n) is 3.65. The molecule has 0 amide bonds. The van der Waals surface area contributed by atoms with Crippen molar-refractivity contribution in [3.63, 3.8) is 0 Å². The lowest BCUT2D eigenvalue weighted by Crippen LogP contribution is -2.09. The summed E-state index contributed by atoms with van der Waals surface area (Å²) < 4.78 is 42.0. The number of benzene rings is 1. The molecule has 0 radical (unpaired) electrons. The molecule has 0 saturated heterocycles. The number of rotatable bonds is 6. The van der Waals surface area contributed by atoms with Crippen LogP contribution in [0.5, 0.6) is 0 Å². The van der Waals surface area contributed by atoms with Gasteiger partial charge < -0.3 is 10.3 Å². The normalized spacial score (nSPS) is 11.7. The molecule has 1 aromatic carbocycles. The smallest absolute Gasteiger partial charge is 0.229 e. The van der Waals surface area contributed by atoms with Gasteiger partial charge in [0.15, 0.2) is 0 Å². The zero-order valence-corrected chi connectivity index (χ0v) is 20.2. The largest absolute Gasteiger partial charge is 0.337 e. The van der Waals surface area contributed by atoms with Crippen molar-refractivity contribution in [1.29, 1.82) is 0 Å². The van der Waals surface area contributed by atoms with E-state index in [9.17, 15) is 12.8 Å². The number of sulfonamides is 1. The van der Waals surface area contributed by atoms with Crippen LogP contribution in [0.3, 0.4) is 0 Å².